The van der Waals surface area contributed by atoms with E-state index in [9.17, 15) is 0 Å². The van der Waals surface area contributed by atoms with Crippen LogP contribution in [0.2, 0.25) is 0 Å². The van der Waals surface area contributed by atoms with E-state index in [-0.39, 0.29) is 6.04 Å². The van der Waals surface area contributed by atoms with Crippen molar-refractivity contribution < 1.29 is 9.47 Å². The Morgan fingerprint density at radius 3 is 2.83 bits per heavy atom. The van der Waals surface area contributed by atoms with E-state index in [0.717, 1.165) is 23.2 Å². The molecule has 0 radical (unpaired) electrons. The zero-order valence-electron chi connectivity index (χ0n) is 11.1. The number of hydrogen-bond acceptors (Lipinski definition) is 3. The standard InChI is InChI=1S/C14H20BrNO2/c1-9-6-10(8-18-9)14(16-2)12-7-11(15)4-5-13(12)17-3/h4-5,7,9-10,14,16H,6,8H2,1-3H3. The monoisotopic (exact) mass is 313 g/mol. The van der Waals surface area contributed by atoms with Crippen molar-refractivity contribution in [2.24, 2.45) is 5.92 Å². The second-order valence-corrected chi connectivity index (χ2v) is 5.71. The van der Waals surface area contributed by atoms with Crippen LogP contribution in [0.5, 0.6) is 5.75 Å². The molecule has 1 aliphatic heterocycles. The lowest BCUT2D eigenvalue weighted by Crippen LogP contribution is -2.26. The predicted molar refractivity (Wildman–Crippen MR) is 76.0 cm³/mol. The summed E-state index contributed by atoms with van der Waals surface area (Å²) in [6, 6.07) is 6.40. The van der Waals surface area contributed by atoms with Crippen LogP contribution in [0.4, 0.5) is 0 Å². The molecule has 0 amide bonds. The molecule has 3 atom stereocenters. The highest BCUT2D eigenvalue weighted by atomic mass is 79.9. The summed E-state index contributed by atoms with van der Waals surface area (Å²) in [4.78, 5) is 0. The molecule has 2 rings (SSSR count). The van der Waals surface area contributed by atoms with Crippen molar-refractivity contribution in [1.82, 2.24) is 5.32 Å². The smallest absolute Gasteiger partial charge is 0.123 e. The van der Waals surface area contributed by atoms with Gasteiger partial charge in [-0.3, -0.25) is 0 Å². The van der Waals surface area contributed by atoms with E-state index in [1.807, 2.05) is 19.2 Å². The van der Waals surface area contributed by atoms with Gasteiger partial charge in [0.1, 0.15) is 5.75 Å². The molecule has 100 valence electrons. The second kappa shape index (κ2) is 6.04. The average molecular weight is 314 g/mol. The third-order valence-electron chi connectivity index (χ3n) is 3.54. The Bertz CT molecular complexity index is 411. The van der Waals surface area contributed by atoms with Crippen LogP contribution in [0.1, 0.15) is 24.9 Å². The summed E-state index contributed by atoms with van der Waals surface area (Å²) >= 11 is 3.53. The van der Waals surface area contributed by atoms with Gasteiger partial charge in [0.05, 0.1) is 19.8 Å². The number of ether oxygens (including phenoxy) is 2. The third kappa shape index (κ3) is 2.87. The molecule has 0 aliphatic carbocycles. The number of halogens is 1. The highest BCUT2D eigenvalue weighted by Crippen LogP contribution is 2.37. The van der Waals surface area contributed by atoms with Gasteiger partial charge in [0.2, 0.25) is 0 Å². The maximum Gasteiger partial charge on any atom is 0.123 e. The first-order valence-electron chi connectivity index (χ1n) is 6.28. The fraction of sp³-hybridized carbons (Fsp3) is 0.571. The normalized spacial score (nSPS) is 25.1. The molecule has 0 bridgehead atoms. The Morgan fingerprint density at radius 1 is 1.50 bits per heavy atom. The van der Waals surface area contributed by atoms with Gasteiger partial charge in [-0.2, -0.15) is 0 Å². The van der Waals surface area contributed by atoms with Gasteiger partial charge in [-0.15, -0.1) is 0 Å². The molecule has 1 aromatic carbocycles. The van der Waals surface area contributed by atoms with Gasteiger partial charge in [0, 0.05) is 22.0 Å². The van der Waals surface area contributed by atoms with Crippen molar-refractivity contribution in [1.29, 1.82) is 0 Å². The van der Waals surface area contributed by atoms with Gasteiger partial charge in [-0.25, -0.2) is 0 Å². The van der Waals surface area contributed by atoms with Crippen molar-refractivity contribution in [3.63, 3.8) is 0 Å². The molecular formula is C14H20BrNO2. The van der Waals surface area contributed by atoms with Crippen LogP contribution in [0.25, 0.3) is 0 Å². The van der Waals surface area contributed by atoms with Crippen LogP contribution < -0.4 is 10.1 Å². The number of hydrogen-bond donors (Lipinski definition) is 1. The number of methoxy groups -OCH3 is 1. The Morgan fingerprint density at radius 2 is 2.28 bits per heavy atom. The lowest BCUT2D eigenvalue weighted by Gasteiger charge is -2.24. The first-order chi connectivity index (χ1) is 8.65. The molecular weight excluding hydrogens is 294 g/mol. The molecule has 1 aromatic rings. The minimum absolute atomic E-state index is 0.266. The zero-order chi connectivity index (χ0) is 13.1. The topological polar surface area (TPSA) is 30.5 Å². The van der Waals surface area contributed by atoms with Crippen molar-refractivity contribution in [3.8, 4) is 5.75 Å². The summed E-state index contributed by atoms with van der Waals surface area (Å²) in [6.45, 7) is 2.94. The molecule has 3 nitrogen and oxygen atoms in total. The highest BCUT2D eigenvalue weighted by molar-refractivity contribution is 9.10. The van der Waals surface area contributed by atoms with E-state index in [2.05, 4.69) is 34.2 Å². The van der Waals surface area contributed by atoms with Crippen molar-refractivity contribution in [3.05, 3.63) is 28.2 Å². The summed E-state index contributed by atoms with van der Waals surface area (Å²) in [5.41, 5.74) is 1.19. The Labute approximate surface area is 117 Å². The molecule has 0 saturated carbocycles. The lowest BCUT2D eigenvalue weighted by atomic mass is 9.90. The van der Waals surface area contributed by atoms with Crippen molar-refractivity contribution >= 4 is 15.9 Å². The molecule has 1 aliphatic rings. The van der Waals surface area contributed by atoms with Crippen LogP contribution in [0.15, 0.2) is 22.7 Å². The third-order valence-corrected chi connectivity index (χ3v) is 4.03. The van der Waals surface area contributed by atoms with Gasteiger partial charge in [-0.1, -0.05) is 15.9 Å². The summed E-state index contributed by atoms with van der Waals surface area (Å²) < 4.78 is 12.2. The van der Waals surface area contributed by atoms with Crippen LogP contribution in [0.3, 0.4) is 0 Å². The van der Waals surface area contributed by atoms with Crippen LogP contribution in [-0.4, -0.2) is 26.9 Å². The van der Waals surface area contributed by atoms with Gasteiger partial charge in [0.25, 0.3) is 0 Å². The van der Waals surface area contributed by atoms with Crippen LogP contribution in [-0.2, 0) is 4.74 Å². The van der Waals surface area contributed by atoms with E-state index in [1.165, 1.54) is 5.56 Å². The molecule has 1 N–H and O–H groups in total. The van der Waals surface area contributed by atoms with E-state index in [4.69, 9.17) is 9.47 Å². The molecule has 1 heterocycles. The molecule has 3 unspecified atom stereocenters. The van der Waals surface area contributed by atoms with E-state index < -0.39 is 0 Å². The summed E-state index contributed by atoms with van der Waals surface area (Å²) in [5, 5.41) is 3.40. The minimum atomic E-state index is 0.266. The molecule has 1 fully saturated rings. The Kier molecular flexibility index (Phi) is 4.65. The highest BCUT2D eigenvalue weighted by Gasteiger charge is 2.31. The van der Waals surface area contributed by atoms with E-state index in [1.54, 1.807) is 7.11 Å². The molecule has 18 heavy (non-hydrogen) atoms. The minimum Gasteiger partial charge on any atom is -0.496 e. The predicted octanol–water partition coefficient (Wildman–Crippen LogP) is 3.14. The molecule has 1 saturated heterocycles. The summed E-state index contributed by atoms with van der Waals surface area (Å²) in [6.07, 6.45) is 1.44. The zero-order valence-corrected chi connectivity index (χ0v) is 12.7. The van der Waals surface area contributed by atoms with Crippen molar-refractivity contribution in [2.75, 3.05) is 20.8 Å². The summed E-state index contributed by atoms with van der Waals surface area (Å²) in [5.74, 6) is 1.42. The van der Waals surface area contributed by atoms with Gasteiger partial charge < -0.3 is 14.8 Å². The van der Waals surface area contributed by atoms with Gasteiger partial charge in [0.15, 0.2) is 0 Å². The first kappa shape index (κ1) is 13.8. The van der Waals surface area contributed by atoms with Crippen LogP contribution >= 0.6 is 15.9 Å². The van der Waals surface area contributed by atoms with E-state index >= 15 is 0 Å². The first-order valence-corrected chi connectivity index (χ1v) is 7.07. The average Bonchev–Trinajstić information content (AvgIpc) is 2.77. The Hall–Kier alpha value is -0.580. The largest absolute Gasteiger partial charge is 0.496 e. The number of rotatable bonds is 4. The molecule has 0 aromatic heterocycles. The lowest BCUT2D eigenvalue weighted by molar-refractivity contribution is 0.117. The fourth-order valence-electron chi connectivity index (χ4n) is 2.68. The molecule has 0 spiro atoms. The SMILES string of the molecule is CNC(c1cc(Br)ccc1OC)C1COC(C)C1. The van der Waals surface area contributed by atoms with Crippen molar-refractivity contribution in [2.45, 2.75) is 25.5 Å². The maximum absolute atomic E-state index is 5.68. The van der Waals surface area contributed by atoms with Gasteiger partial charge >= 0.3 is 0 Å². The quantitative estimate of drug-likeness (QED) is 0.926. The molecule has 4 heteroatoms. The second-order valence-electron chi connectivity index (χ2n) is 4.79. The van der Waals surface area contributed by atoms with Crippen LogP contribution in [0, 0.1) is 5.92 Å². The Balaban J connectivity index is 2.29. The number of nitrogens with one attached hydrogen (secondary N) is 1. The van der Waals surface area contributed by atoms with Gasteiger partial charge in [-0.05, 0) is 38.6 Å². The maximum atomic E-state index is 5.68. The van der Waals surface area contributed by atoms with E-state index in [0.29, 0.717) is 12.0 Å². The number of benzene rings is 1. The summed E-state index contributed by atoms with van der Waals surface area (Å²) in [7, 11) is 3.71. The fourth-order valence-corrected chi connectivity index (χ4v) is 3.05.